The second-order valence-corrected chi connectivity index (χ2v) is 6.76. The number of non-ortho nitro benzene ring substituents is 2. The Morgan fingerprint density at radius 3 is 2.15 bits per heavy atom. The topological polar surface area (TPSA) is 180 Å². The first kappa shape index (κ1) is 24.9. The van der Waals surface area contributed by atoms with Crippen LogP contribution in [-0.2, 0) is 4.79 Å². The molecule has 1 aliphatic rings. The van der Waals surface area contributed by atoms with Crippen LogP contribution in [0.15, 0.2) is 47.6 Å². The molecule has 2 aromatic rings. The summed E-state index contributed by atoms with van der Waals surface area (Å²) in [6.45, 7) is 4.16. The van der Waals surface area contributed by atoms with Gasteiger partial charge in [0.15, 0.2) is 0 Å². The van der Waals surface area contributed by atoms with E-state index in [1.807, 2.05) is 0 Å². The number of piperazine rings is 1. The monoisotopic (exact) mass is 458 g/mol. The number of nitro groups is 2. The molecule has 1 amide bonds. The van der Waals surface area contributed by atoms with E-state index in [-0.39, 0.29) is 16.9 Å². The first-order valence-electron chi connectivity index (χ1n) is 9.70. The summed E-state index contributed by atoms with van der Waals surface area (Å²) in [6.07, 6.45) is 1.35. The van der Waals surface area contributed by atoms with Gasteiger partial charge in [-0.25, -0.2) is 5.43 Å². The smallest absolute Gasteiger partial charge is 0.300 e. The molecular weight excluding hydrogens is 436 g/mol. The number of nitrogens with zero attached hydrogens (tertiary/aromatic N) is 4. The minimum atomic E-state index is -0.833. The largest absolute Gasteiger partial charge is 0.481 e. The van der Waals surface area contributed by atoms with Gasteiger partial charge in [0.25, 0.3) is 23.3 Å². The minimum absolute atomic E-state index is 0.0768. The quantitative estimate of drug-likeness (QED) is 0.330. The number of benzene rings is 2. The van der Waals surface area contributed by atoms with Gasteiger partial charge in [-0.15, -0.1) is 0 Å². The molecule has 0 spiro atoms. The van der Waals surface area contributed by atoms with Crippen LogP contribution in [0.4, 0.5) is 17.1 Å². The SMILES string of the molecule is CC(=O)O.O=C(N/N=C/c1cc([N+](=O)[O-])ccc1N1CCNCC1)c1ccc([N+](=O)[O-])cc1. The molecule has 0 bridgehead atoms. The molecule has 1 aliphatic heterocycles. The van der Waals surface area contributed by atoms with Crippen molar-refractivity contribution in [3.63, 3.8) is 0 Å². The van der Waals surface area contributed by atoms with Crippen LogP contribution < -0.4 is 15.6 Å². The van der Waals surface area contributed by atoms with Crippen molar-refractivity contribution in [1.29, 1.82) is 0 Å². The molecule has 0 aliphatic carbocycles. The van der Waals surface area contributed by atoms with Crippen LogP contribution in [-0.4, -0.2) is 59.2 Å². The van der Waals surface area contributed by atoms with Crippen LogP contribution in [0, 0.1) is 20.2 Å². The van der Waals surface area contributed by atoms with Crippen molar-refractivity contribution in [2.24, 2.45) is 5.10 Å². The van der Waals surface area contributed by atoms with Gasteiger partial charge in [-0.05, 0) is 18.2 Å². The van der Waals surface area contributed by atoms with Gasteiger partial charge in [0.2, 0.25) is 0 Å². The highest BCUT2D eigenvalue weighted by atomic mass is 16.6. The zero-order valence-electron chi connectivity index (χ0n) is 17.6. The Hall–Kier alpha value is -4.39. The van der Waals surface area contributed by atoms with E-state index >= 15 is 0 Å². The van der Waals surface area contributed by atoms with E-state index in [1.54, 1.807) is 6.07 Å². The molecule has 1 fully saturated rings. The fourth-order valence-electron chi connectivity index (χ4n) is 2.91. The number of carbonyl (C=O) groups is 2. The average Bonchev–Trinajstić information content (AvgIpc) is 2.79. The van der Waals surface area contributed by atoms with E-state index in [1.165, 1.54) is 42.6 Å². The number of carboxylic acid groups (broad SMARTS) is 1. The maximum Gasteiger partial charge on any atom is 0.300 e. The number of nitrogens with one attached hydrogen (secondary N) is 2. The predicted molar refractivity (Wildman–Crippen MR) is 120 cm³/mol. The Morgan fingerprint density at radius 1 is 1.06 bits per heavy atom. The van der Waals surface area contributed by atoms with E-state index in [4.69, 9.17) is 9.90 Å². The lowest BCUT2D eigenvalue weighted by molar-refractivity contribution is -0.385. The molecule has 0 aromatic heterocycles. The maximum absolute atomic E-state index is 12.2. The minimum Gasteiger partial charge on any atom is -0.481 e. The number of amides is 1. The molecule has 13 nitrogen and oxygen atoms in total. The predicted octanol–water partition coefficient (Wildman–Crippen LogP) is 1.77. The fourth-order valence-corrected chi connectivity index (χ4v) is 2.91. The number of anilines is 1. The standard InChI is InChI=1S/C18H18N6O5.C2H4O2/c25-18(13-1-3-15(4-2-13)23(26)27)21-20-12-14-11-16(24(28)29)5-6-17(14)22-9-7-19-8-10-22;1-2(3)4/h1-6,11-12,19H,7-10H2,(H,21,25);1H3,(H,3,4)/b20-12+;. The van der Waals surface area contributed by atoms with Crippen molar-refractivity contribution in [1.82, 2.24) is 10.7 Å². The molecule has 33 heavy (non-hydrogen) atoms. The van der Waals surface area contributed by atoms with Crippen LogP contribution in [0.3, 0.4) is 0 Å². The zero-order valence-corrected chi connectivity index (χ0v) is 17.6. The summed E-state index contributed by atoms with van der Waals surface area (Å²) in [4.78, 5) is 44.0. The van der Waals surface area contributed by atoms with E-state index in [9.17, 15) is 25.0 Å². The normalized spacial score (nSPS) is 13.1. The second-order valence-electron chi connectivity index (χ2n) is 6.76. The molecule has 0 saturated carbocycles. The molecule has 3 rings (SSSR count). The van der Waals surface area contributed by atoms with Gasteiger partial charge in [0.05, 0.1) is 16.1 Å². The van der Waals surface area contributed by atoms with Gasteiger partial charge in [-0.2, -0.15) is 5.10 Å². The maximum atomic E-state index is 12.2. The Morgan fingerprint density at radius 2 is 1.61 bits per heavy atom. The third-order valence-electron chi connectivity index (χ3n) is 4.39. The fraction of sp³-hybridized carbons (Fsp3) is 0.250. The second kappa shape index (κ2) is 11.9. The zero-order chi connectivity index (χ0) is 24.4. The summed E-state index contributed by atoms with van der Waals surface area (Å²) in [5, 5.41) is 36.3. The van der Waals surface area contributed by atoms with E-state index < -0.39 is 21.7 Å². The van der Waals surface area contributed by atoms with Gasteiger partial charge < -0.3 is 15.3 Å². The lowest BCUT2D eigenvalue weighted by Gasteiger charge is -2.30. The first-order chi connectivity index (χ1) is 15.7. The third-order valence-corrected chi connectivity index (χ3v) is 4.39. The van der Waals surface area contributed by atoms with Gasteiger partial charge in [-0.3, -0.25) is 29.8 Å². The summed E-state index contributed by atoms with van der Waals surface area (Å²) in [7, 11) is 0. The van der Waals surface area contributed by atoms with Gasteiger partial charge in [0, 0.05) is 74.2 Å². The molecule has 174 valence electrons. The number of hydrogen-bond acceptors (Lipinski definition) is 9. The van der Waals surface area contributed by atoms with Gasteiger partial charge in [-0.1, -0.05) is 0 Å². The number of nitro benzene ring substituents is 2. The number of hydrogen-bond donors (Lipinski definition) is 3. The lowest BCUT2D eigenvalue weighted by atomic mass is 10.1. The van der Waals surface area contributed by atoms with Crippen LogP contribution in [0.25, 0.3) is 0 Å². The van der Waals surface area contributed by atoms with Crippen LogP contribution in [0.1, 0.15) is 22.8 Å². The highest BCUT2D eigenvalue weighted by Crippen LogP contribution is 2.24. The van der Waals surface area contributed by atoms with Crippen molar-refractivity contribution in [3.05, 3.63) is 73.8 Å². The Bertz CT molecular complexity index is 1050. The lowest BCUT2D eigenvalue weighted by Crippen LogP contribution is -2.43. The summed E-state index contributed by atoms with van der Waals surface area (Å²) < 4.78 is 0. The molecule has 0 atom stereocenters. The number of rotatable bonds is 6. The molecular formula is C20H22N6O7. The van der Waals surface area contributed by atoms with Gasteiger partial charge in [0.1, 0.15) is 0 Å². The molecule has 13 heteroatoms. The summed E-state index contributed by atoms with van der Waals surface area (Å²) in [5.41, 5.74) is 3.63. The van der Waals surface area contributed by atoms with Crippen LogP contribution in [0.5, 0.6) is 0 Å². The Labute approximate surface area is 188 Å². The molecule has 0 radical (unpaired) electrons. The number of carboxylic acids is 1. The summed E-state index contributed by atoms with van der Waals surface area (Å²) in [5.74, 6) is -1.38. The molecule has 0 unspecified atom stereocenters. The highest BCUT2D eigenvalue weighted by molar-refractivity contribution is 5.96. The summed E-state index contributed by atoms with van der Waals surface area (Å²) >= 11 is 0. The number of aliphatic carboxylic acids is 1. The first-order valence-corrected chi connectivity index (χ1v) is 9.70. The van der Waals surface area contributed by atoms with E-state index in [0.29, 0.717) is 5.56 Å². The number of hydrazone groups is 1. The molecule has 1 heterocycles. The van der Waals surface area contributed by atoms with Crippen LogP contribution >= 0.6 is 0 Å². The average molecular weight is 458 g/mol. The van der Waals surface area contributed by atoms with Crippen molar-refractivity contribution in [2.75, 3.05) is 31.1 Å². The Kier molecular flexibility index (Phi) is 8.94. The van der Waals surface area contributed by atoms with E-state index in [0.717, 1.165) is 38.8 Å². The third kappa shape index (κ3) is 7.66. The van der Waals surface area contributed by atoms with Crippen molar-refractivity contribution in [2.45, 2.75) is 6.92 Å². The highest BCUT2D eigenvalue weighted by Gasteiger charge is 2.17. The van der Waals surface area contributed by atoms with Crippen LogP contribution in [0.2, 0.25) is 0 Å². The Balaban J connectivity index is 0.000000890. The van der Waals surface area contributed by atoms with Crippen molar-refractivity contribution < 1.29 is 24.5 Å². The molecule has 1 saturated heterocycles. The number of carbonyl (C=O) groups excluding carboxylic acids is 1. The van der Waals surface area contributed by atoms with Gasteiger partial charge >= 0.3 is 0 Å². The van der Waals surface area contributed by atoms with Crippen molar-refractivity contribution in [3.8, 4) is 0 Å². The molecule has 2 aromatic carbocycles. The van der Waals surface area contributed by atoms with Crippen molar-refractivity contribution >= 4 is 35.2 Å². The molecule has 3 N–H and O–H groups in total. The summed E-state index contributed by atoms with van der Waals surface area (Å²) in [6, 6.07) is 9.60. The van der Waals surface area contributed by atoms with E-state index in [2.05, 4.69) is 20.7 Å².